The molecule has 0 saturated carbocycles. The number of hydrogen-bond acceptors (Lipinski definition) is 3. The Morgan fingerprint density at radius 2 is 2.00 bits per heavy atom. The molecule has 100 valence electrons. The van der Waals surface area contributed by atoms with Crippen molar-refractivity contribution >= 4 is 17.7 Å². The smallest absolute Gasteiger partial charge is 0.223 e. The number of carbonyl (C=O) groups excluding carboxylic acids is 1. The van der Waals surface area contributed by atoms with E-state index < -0.39 is 5.60 Å². The molecule has 3 nitrogen and oxygen atoms in total. The van der Waals surface area contributed by atoms with E-state index in [2.05, 4.69) is 19.2 Å². The van der Waals surface area contributed by atoms with E-state index in [1.807, 2.05) is 18.7 Å². The average molecular weight is 259 g/mol. The Balaban J connectivity index is 2.36. The van der Waals surface area contributed by atoms with Crippen LogP contribution < -0.4 is 5.32 Å². The molecule has 1 aliphatic rings. The number of hydrogen-bond donors (Lipinski definition) is 2. The molecule has 1 saturated heterocycles. The summed E-state index contributed by atoms with van der Waals surface area (Å²) >= 11 is 1.87. The minimum atomic E-state index is -0.671. The van der Waals surface area contributed by atoms with Crippen molar-refractivity contribution in [3.05, 3.63) is 0 Å². The van der Waals surface area contributed by atoms with Gasteiger partial charge in [-0.25, -0.2) is 0 Å². The lowest BCUT2D eigenvalue weighted by Crippen LogP contribution is -2.47. The van der Waals surface area contributed by atoms with Crippen molar-refractivity contribution < 1.29 is 9.90 Å². The predicted molar refractivity (Wildman–Crippen MR) is 73.1 cm³/mol. The molecule has 17 heavy (non-hydrogen) atoms. The van der Waals surface area contributed by atoms with E-state index in [1.54, 1.807) is 0 Å². The zero-order chi connectivity index (χ0) is 12.9. The molecule has 1 rings (SSSR count). The quantitative estimate of drug-likeness (QED) is 0.794. The molecule has 1 fully saturated rings. The van der Waals surface area contributed by atoms with Crippen molar-refractivity contribution in [1.29, 1.82) is 0 Å². The van der Waals surface area contributed by atoms with Gasteiger partial charge in [0.15, 0.2) is 0 Å². The molecule has 0 aromatic rings. The second-order valence-corrected chi connectivity index (χ2v) is 6.45. The highest BCUT2D eigenvalue weighted by molar-refractivity contribution is 7.99. The summed E-state index contributed by atoms with van der Waals surface area (Å²) in [5, 5.41) is 13.2. The average Bonchev–Trinajstić information content (AvgIpc) is 2.35. The summed E-state index contributed by atoms with van der Waals surface area (Å²) < 4.78 is 0. The lowest BCUT2D eigenvalue weighted by atomic mass is 9.92. The first-order valence-electron chi connectivity index (χ1n) is 6.56. The first kappa shape index (κ1) is 14.8. The summed E-state index contributed by atoms with van der Waals surface area (Å²) in [6.07, 6.45) is 2.58. The Bertz CT molecular complexity index is 252. The number of aliphatic hydroxyl groups is 1. The standard InChI is InChI=1S/C13H25NO2S/c1-4-10(2)11(3)12(15)14-9-13(16)5-7-17-8-6-13/h10-11,16H,4-9H2,1-3H3,(H,14,15). The van der Waals surface area contributed by atoms with Gasteiger partial charge in [0.25, 0.3) is 0 Å². The van der Waals surface area contributed by atoms with Gasteiger partial charge in [-0.3, -0.25) is 4.79 Å². The largest absolute Gasteiger partial charge is 0.388 e. The molecule has 0 aliphatic carbocycles. The third-order valence-electron chi connectivity index (χ3n) is 3.93. The van der Waals surface area contributed by atoms with Gasteiger partial charge < -0.3 is 10.4 Å². The van der Waals surface area contributed by atoms with Crippen molar-refractivity contribution in [1.82, 2.24) is 5.32 Å². The third-order valence-corrected chi connectivity index (χ3v) is 4.91. The Labute approximate surface area is 109 Å². The highest BCUT2D eigenvalue weighted by Gasteiger charge is 2.30. The molecular formula is C13H25NO2S. The van der Waals surface area contributed by atoms with Crippen molar-refractivity contribution in [3.63, 3.8) is 0 Å². The Hall–Kier alpha value is -0.220. The fraction of sp³-hybridized carbons (Fsp3) is 0.923. The maximum absolute atomic E-state index is 11.9. The summed E-state index contributed by atoms with van der Waals surface area (Å²) in [5.41, 5.74) is -0.671. The van der Waals surface area contributed by atoms with Gasteiger partial charge in [0.1, 0.15) is 0 Å². The molecule has 2 unspecified atom stereocenters. The monoisotopic (exact) mass is 259 g/mol. The number of thioether (sulfide) groups is 1. The summed E-state index contributed by atoms with van der Waals surface area (Å²) in [6.45, 7) is 6.56. The zero-order valence-corrected chi connectivity index (χ0v) is 12.0. The van der Waals surface area contributed by atoms with Gasteiger partial charge in [-0.2, -0.15) is 11.8 Å². The summed E-state index contributed by atoms with van der Waals surface area (Å²) in [7, 11) is 0. The van der Waals surface area contributed by atoms with Crippen molar-refractivity contribution in [2.75, 3.05) is 18.1 Å². The van der Waals surface area contributed by atoms with E-state index in [1.165, 1.54) is 0 Å². The second-order valence-electron chi connectivity index (χ2n) is 5.23. The van der Waals surface area contributed by atoms with E-state index in [-0.39, 0.29) is 11.8 Å². The van der Waals surface area contributed by atoms with Crippen LogP contribution in [0.4, 0.5) is 0 Å². The molecule has 0 radical (unpaired) electrons. The lowest BCUT2D eigenvalue weighted by molar-refractivity contribution is -0.127. The van der Waals surface area contributed by atoms with Crippen molar-refractivity contribution in [2.45, 2.75) is 45.6 Å². The topological polar surface area (TPSA) is 49.3 Å². The molecule has 0 aromatic carbocycles. The fourth-order valence-corrected chi connectivity index (χ4v) is 3.21. The molecule has 0 aromatic heterocycles. The number of nitrogens with one attached hydrogen (secondary N) is 1. The molecular weight excluding hydrogens is 234 g/mol. The lowest BCUT2D eigenvalue weighted by Gasteiger charge is -2.32. The SMILES string of the molecule is CCC(C)C(C)C(=O)NCC1(O)CCSCC1. The molecule has 1 amide bonds. The van der Waals surface area contributed by atoms with E-state index in [9.17, 15) is 9.90 Å². The van der Waals surface area contributed by atoms with Gasteiger partial charge in [0, 0.05) is 12.5 Å². The highest BCUT2D eigenvalue weighted by Crippen LogP contribution is 2.26. The van der Waals surface area contributed by atoms with Gasteiger partial charge in [-0.15, -0.1) is 0 Å². The van der Waals surface area contributed by atoms with E-state index in [4.69, 9.17) is 0 Å². The van der Waals surface area contributed by atoms with Crippen molar-refractivity contribution in [3.8, 4) is 0 Å². The van der Waals surface area contributed by atoms with Crippen molar-refractivity contribution in [2.24, 2.45) is 11.8 Å². The zero-order valence-electron chi connectivity index (χ0n) is 11.2. The van der Waals surface area contributed by atoms with Crippen LogP contribution in [0.5, 0.6) is 0 Å². The van der Waals surface area contributed by atoms with Crippen LogP contribution in [-0.2, 0) is 4.79 Å². The maximum atomic E-state index is 11.9. The number of rotatable bonds is 5. The minimum absolute atomic E-state index is 0.0292. The maximum Gasteiger partial charge on any atom is 0.223 e. The van der Waals surface area contributed by atoms with Crippen LogP contribution >= 0.6 is 11.8 Å². The van der Waals surface area contributed by atoms with E-state index in [0.29, 0.717) is 12.5 Å². The van der Waals surface area contributed by atoms with Crippen LogP contribution in [-0.4, -0.2) is 34.7 Å². The molecule has 4 heteroatoms. The molecule has 1 aliphatic heterocycles. The molecule has 1 heterocycles. The predicted octanol–water partition coefficient (Wildman–Crippen LogP) is 2.04. The summed E-state index contributed by atoms with van der Waals surface area (Å²) in [5.74, 6) is 2.49. The van der Waals surface area contributed by atoms with Crippen LogP contribution in [0.1, 0.15) is 40.0 Å². The van der Waals surface area contributed by atoms with Crippen LogP contribution in [0, 0.1) is 11.8 Å². The van der Waals surface area contributed by atoms with E-state index >= 15 is 0 Å². The first-order valence-corrected chi connectivity index (χ1v) is 7.72. The molecule has 2 N–H and O–H groups in total. The van der Waals surface area contributed by atoms with Crippen LogP contribution in [0.2, 0.25) is 0 Å². The number of carbonyl (C=O) groups is 1. The molecule has 2 atom stereocenters. The van der Waals surface area contributed by atoms with Gasteiger partial charge in [-0.05, 0) is 30.3 Å². The first-order chi connectivity index (χ1) is 7.98. The normalized spacial score (nSPS) is 22.8. The number of amides is 1. The molecule has 0 spiro atoms. The van der Waals surface area contributed by atoms with E-state index in [0.717, 1.165) is 30.8 Å². The van der Waals surface area contributed by atoms with Gasteiger partial charge in [0.05, 0.1) is 5.60 Å². The highest BCUT2D eigenvalue weighted by atomic mass is 32.2. The second kappa shape index (κ2) is 6.64. The van der Waals surface area contributed by atoms with Gasteiger partial charge in [0.2, 0.25) is 5.91 Å². The van der Waals surface area contributed by atoms with Crippen LogP contribution in [0.15, 0.2) is 0 Å². The Morgan fingerprint density at radius 1 is 1.41 bits per heavy atom. The van der Waals surface area contributed by atoms with Gasteiger partial charge in [-0.1, -0.05) is 27.2 Å². The Morgan fingerprint density at radius 3 is 2.53 bits per heavy atom. The minimum Gasteiger partial charge on any atom is -0.388 e. The van der Waals surface area contributed by atoms with Gasteiger partial charge >= 0.3 is 0 Å². The Kier molecular flexibility index (Phi) is 5.80. The molecule has 0 bridgehead atoms. The third kappa shape index (κ3) is 4.51. The summed E-state index contributed by atoms with van der Waals surface area (Å²) in [6, 6.07) is 0. The van der Waals surface area contributed by atoms with Crippen LogP contribution in [0.3, 0.4) is 0 Å². The summed E-state index contributed by atoms with van der Waals surface area (Å²) in [4.78, 5) is 11.9. The van der Waals surface area contributed by atoms with Crippen LogP contribution in [0.25, 0.3) is 0 Å². The fourth-order valence-electron chi connectivity index (χ4n) is 1.95.